The average Bonchev–Trinajstić information content (AvgIpc) is 2.96. The van der Waals surface area contributed by atoms with Crippen molar-refractivity contribution in [2.45, 2.75) is 68.3 Å². The van der Waals surface area contributed by atoms with Crippen LogP contribution in [0.3, 0.4) is 0 Å². The van der Waals surface area contributed by atoms with Crippen LogP contribution in [0.1, 0.15) is 6.92 Å². The Morgan fingerprint density at radius 1 is 0.829 bits per heavy atom. The van der Waals surface area contributed by atoms with Gasteiger partial charge in [-0.1, -0.05) is 12.1 Å². The van der Waals surface area contributed by atoms with E-state index in [0.717, 1.165) is 6.07 Å². The first-order valence-corrected chi connectivity index (χ1v) is 12.7. The van der Waals surface area contributed by atoms with Crippen LogP contribution in [-0.2, 0) is 14.2 Å². The van der Waals surface area contributed by atoms with Crippen LogP contribution < -0.4 is 10.2 Å². The second-order valence-corrected chi connectivity index (χ2v) is 9.90. The molecule has 8 N–H and O–H groups in total. The molecule has 222 valence electrons. The summed E-state index contributed by atoms with van der Waals surface area (Å²) in [6.45, 7) is 0.686. The van der Waals surface area contributed by atoms with E-state index in [1.807, 2.05) is 0 Å². The van der Waals surface area contributed by atoms with Gasteiger partial charge in [0.1, 0.15) is 42.2 Å². The number of ether oxygens (including phenoxy) is 4. The molecule has 14 nitrogen and oxygen atoms in total. The number of aromatic hydroxyl groups is 2. The average molecular weight is 579 g/mol. The van der Waals surface area contributed by atoms with E-state index in [-0.39, 0.29) is 22.3 Å². The summed E-state index contributed by atoms with van der Waals surface area (Å²) < 4.78 is 28.7. The fourth-order valence-corrected chi connectivity index (χ4v) is 4.78. The number of rotatable bonds is 6. The maximum atomic E-state index is 13.6. The highest BCUT2D eigenvalue weighted by molar-refractivity contribution is 5.82. The van der Waals surface area contributed by atoms with Crippen LogP contribution >= 0.6 is 0 Å². The van der Waals surface area contributed by atoms with E-state index in [9.17, 15) is 45.6 Å². The van der Waals surface area contributed by atoms with E-state index < -0.39 is 90.7 Å². The zero-order chi connectivity index (χ0) is 29.6. The van der Waals surface area contributed by atoms with Gasteiger partial charge in [-0.3, -0.25) is 4.79 Å². The van der Waals surface area contributed by atoms with Gasteiger partial charge in [0, 0.05) is 5.56 Å². The zero-order valence-corrected chi connectivity index (χ0v) is 21.5. The molecule has 2 aliphatic heterocycles. The molecule has 1 aromatic heterocycles. The molecule has 0 aliphatic carbocycles. The Kier molecular flexibility index (Phi) is 8.20. The van der Waals surface area contributed by atoms with Crippen LogP contribution in [0.4, 0.5) is 0 Å². The van der Waals surface area contributed by atoms with Crippen LogP contribution in [0.25, 0.3) is 22.3 Å². The summed E-state index contributed by atoms with van der Waals surface area (Å²) in [5.41, 5.74) is -0.359. The number of hydrogen-bond acceptors (Lipinski definition) is 14. The van der Waals surface area contributed by atoms with E-state index in [2.05, 4.69) is 0 Å². The molecule has 3 heterocycles. The minimum absolute atomic E-state index is 0.116. The van der Waals surface area contributed by atoms with Gasteiger partial charge in [-0.2, -0.15) is 0 Å². The van der Waals surface area contributed by atoms with Crippen molar-refractivity contribution in [3.63, 3.8) is 0 Å². The van der Waals surface area contributed by atoms with E-state index in [4.69, 9.17) is 23.4 Å². The van der Waals surface area contributed by atoms with Crippen molar-refractivity contribution in [3.8, 4) is 28.6 Å². The highest BCUT2D eigenvalue weighted by Gasteiger charge is 2.51. The fourth-order valence-electron chi connectivity index (χ4n) is 4.78. The van der Waals surface area contributed by atoms with E-state index >= 15 is 0 Å². The monoisotopic (exact) mass is 578 g/mol. The Labute approximate surface area is 231 Å². The summed E-state index contributed by atoms with van der Waals surface area (Å²) in [7, 11) is 0. The van der Waals surface area contributed by atoms with Gasteiger partial charge in [-0.05, 0) is 37.3 Å². The van der Waals surface area contributed by atoms with Gasteiger partial charge in [0.05, 0.1) is 18.1 Å². The lowest BCUT2D eigenvalue weighted by atomic mass is 9.97. The molecular formula is C27H30O14. The normalized spacial score (nSPS) is 34.0. The molecule has 10 atom stereocenters. The van der Waals surface area contributed by atoms with Crippen LogP contribution in [0.5, 0.6) is 17.2 Å². The smallest absolute Gasteiger partial charge is 0.235 e. The molecule has 2 aliphatic rings. The number of phenolic OH excluding ortho intramolecular Hbond substituents is 2. The summed E-state index contributed by atoms with van der Waals surface area (Å²) in [6.07, 6.45) is -16.0. The molecular weight excluding hydrogens is 548 g/mol. The number of aliphatic hydroxyl groups is 6. The number of para-hydroxylation sites is 1. The first kappa shape index (κ1) is 29.2. The quantitative estimate of drug-likeness (QED) is 0.162. The third kappa shape index (κ3) is 5.37. The largest absolute Gasteiger partial charge is 0.504 e. The Hall–Kier alpha value is -3.31. The summed E-state index contributed by atoms with van der Waals surface area (Å²) in [4.78, 5) is 13.6. The molecule has 0 radical (unpaired) electrons. The zero-order valence-electron chi connectivity index (χ0n) is 21.5. The minimum Gasteiger partial charge on any atom is -0.504 e. The second-order valence-electron chi connectivity index (χ2n) is 9.90. The number of phenols is 2. The molecule has 0 saturated carbocycles. The second kappa shape index (κ2) is 11.5. The number of hydrogen-bond donors (Lipinski definition) is 8. The van der Waals surface area contributed by atoms with E-state index in [0.29, 0.717) is 0 Å². The van der Waals surface area contributed by atoms with Crippen LogP contribution in [0.15, 0.2) is 51.7 Å². The SMILES string of the molecule is C[C@H]1OC(Oc2c(-c3ccc(O)c(O)c3)oc3ccccc3c2=O)[C@@H](OC2O[C@H](CO)[C@@H](O)[C@H](O)[C@H]2O)[C@@H](O)[C@@H]1O. The standard InChI is InChI=1S/C27H30O14/c1-10-17(31)21(35)25(41-26-22(36)20(34)19(33)16(9-28)39-26)27(37-10)40-24-18(32)12-4-2-3-5-15(12)38-23(24)11-6-7-13(29)14(30)8-11/h2-8,10,16-17,19-22,25-31,33-36H,9H2,1H3/t10-,16-,17-,19-,20+,21+,22-,25+,26?,27?/m1/s1. The Balaban J connectivity index is 1.56. The van der Waals surface area contributed by atoms with Gasteiger partial charge in [-0.25, -0.2) is 0 Å². The van der Waals surface area contributed by atoms with Crippen molar-refractivity contribution >= 4 is 11.0 Å². The summed E-state index contributed by atoms with van der Waals surface area (Å²) in [6, 6.07) is 9.93. The van der Waals surface area contributed by atoms with Crippen molar-refractivity contribution in [2.24, 2.45) is 0 Å². The van der Waals surface area contributed by atoms with E-state index in [1.165, 1.54) is 31.2 Å². The number of benzene rings is 2. The first-order valence-electron chi connectivity index (χ1n) is 12.7. The molecule has 0 bridgehead atoms. The predicted octanol–water partition coefficient (Wildman–Crippen LogP) is -1.10. The summed E-state index contributed by atoms with van der Waals surface area (Å²) in [5, 5.41) is 81.6. The lowest BCUT2D eigenvalue weighted by molar-refractivity contribution is -0.355. The highest BCUT2D eigenvalue weighted by Crippen LogP contribution is 2.38. The van der Waals surface area contributed by atoms with Crippen molar-refractivity contribution in [1.82, 2.24) is 0 Å². The van der Waals surface area contributed by atoms with Crippen molar-refractivity contribution in [1.29, 1.82) is 0 Å². The Morgan fingerprint density at radius 2 is 1.56 bits per heavy atom. The highest BCUT2D eigenvalue weighted by atomic mass is 16.8. The van der Waals surface area contributed by atoms with Gasteiger partial charge in [0.2, 0.25) is 17.5 Å². The molecule has 41 heavy (non-hydrogen) atoms. The fraction of sp³-hybridized carbons (Fsp3) is 0.444. The summed E-state index contributed by atoms with van der Waals surface area (Å²) in [5.74, 6) is -1.53. The van der Waals surface area contributed by atoms with Crippen LogP contribution in [0, 0.1) is 0 Å². The molecule has 3 aromatic rings. The molecule has 2 fully saturated rings. The molecule has 2 unspecified atom stereocenters. The van der Waals surface area contributed by atoms with Crippen LogP contribution in [-0.4, -0.2) is 109 Å². The predicted molar refractivity (Wildman–Crippen MR) is 137 cm³/mol. The molecule has 2 saturated heterocycles. The van der Waals surface area contributed by atoms with Gasteiger partial charge < -0.3 is 64.2 Å². The summed E-state index contributed by atoms with van der Waals surface area (Å²) >= 11 is 0. The maximum Gasteiger partial charge on any atom is 0.235 e. The third-order valence-electron chi connectivity index (χ3n) is 7.15. The number of aliphatic hydroxyl groups excluding tert-OH is 6. The molecule has 0 spiro atoms. The van der Waals surface area contributed by atoms with Crippen LogP contribution in [0.2, 0.25) is 0 Å². The van der Waals surface area contributed by atoms with Crippen molar-refractivity contribution in [2.75, 3.05) is 6.61 Å². The Morgan fingerprint density at radius 3 is 2.27 bits per heavy atom. The van der Waals surface area contributed by atoms with Crippen molar-refractivity contribution in [3.05, 3.63) is 52.7 Å². The number of fused-ring (bicyclic) bond motifs is 1. The molecule has 14 heteroatoms. The van der Waals surface area contributed by atoms with Gasteiger partial charge in [0.15, 0.2) is 29.7 Å². The van der Waals surface area contributed by atoms with Gasteiger partial charge >= 0.3 is 0 Å². The molecule has 0 amide bonds. The minimum atomic E-state index is -1.85. The lowest BCUT2D eigenvalue weighted by Gasteiger charge is -2.45. The maximum absolute atomic E-state index is 13.6. The van der Waals surface area contributed by atoms with E-state index in [1.54, 1.807) is 12.1 Å². The van der Waals surface area contributed by atoms with Gasteiger partial charge in [-0.15, -0.1) is 0 Å². The third-order valence-corrected chi connectivity index (χ3v) is 7.15. The van der Waals surface area contributed by atoms with Crippen molar-refractivity contribution < 1.29 is 64.2 Å². The van der Waals surface area contributed by atoms with Gasteiger partial charge in [0.25, 0.3) is 0 Å². The molecule has 5 rings (SSSR count). The Bertz CT molecular complexity index is 1440. The topological polar surface area (TPSA) is 229 Å². The first-order chi connectivity index (χ1) is 19.5. The lowest BCUT2D eigenvalue weighted by Crippen LogP contribution is -2.64. The molecule has 2 aromatic carbocycles.